The fraction of sp³-hybridized carbons (Fsp3) is 0.588. The van der Waals surface area contributed by atoms with Crippen LogP contribution in [0, 0.1) is 24.2 Å². The lowest BCUT2D eigenvalue weighted by atomic mass is 9.35. The van der Waals surface area contributed by atoms with E-state index in [0.717, 1.165) is 18.9 Å². The van der Waals surface area contributed by atoms with E-state index in [4.69, 9.17) is 14.2 Å². The molecule has 2 aromatic carbocycles. The van der Waals surface area contributed by atoms with Crippen LogP contribution in [0.25, 0.3) is 10.1 Å². The number of thiophene rings is 1. The molecule has 1 saturated heterocycles. The van der Waals surface area contributed by atoms with E-state index in [1.54, 1.807) is 11.1 Å². The van der Waals surface area contributed by atoms with Crippen molar-refractivity contribution in [1.29, 1.82) is 0 Å². The number of fused-ring (bicyclic) bond motifs is 3. The molecule has 3 aromatic rings. The second kappa shape index (κ2) is 8.09. The highest BCUT2D eigenvalue weighted by Crippen LogP contribution is 2.76. The first-order valence-electron chi connectivity index (χ1n) is 15.2. The smallest absolute Gasteiger partial charge is 0.138 e. The van der Waals surface area contributed by atoms with Crippen molar-refractivity contribution in [2.45, 2.75) is 81.6 Å². The maximum atomic E-state index is 7.20. The molecular formula is C34H39NO3S. The molecule has 0 amide bonds. The van der Waals surface area contributed by atoms with Crippen LogP contribution in [0.15, 0.2) is 42.5 Å². The van der Waals surface area contributed by atoms with Crippen molar-refractivity contribution < 1.29 is 14.2 Å². The third kappa shape index (κ3) is 2.96. The van der Waals surface area contributed by atoms with E-state index < -0.39 is 0 Å². The maximum Gasteiger partial charge on any atom is 0.138 e. The Morgan fingerprint density at radius 3 is 2.85 bits per heavy atom. The third-order valence-electron chi connectivity index (χ3n) is 12.1. The molecule has 4 bridgehead atoms. The monoisotopic (exact) mass is 541 g/mol. The number of ether oxygens (including phenoxy) is 3. The van der Waals surface area contributed by atoms with Gasteiger partial charge in [-0.15, -0.1) is 11.3 Å². The Morgan fingerprint density at radius 1 is 1.10 bits per heavy atom. The van der Waals surface area contributed by atoms with E-state index in [-0.39, 0.29) is 22.5 Å². The predicted molar refractivity (Wildman–Crippen MR) is 155 cm³/mol. The van der Waals surface area contributed by atoms with Crippen LogP contribution in [-0.2, 0) is 27.9 Å². The van der Waals surface area contributed by atoms with Gasteiger partial charge in [0, 0.05) is 51.6 Å². The van der Waals surface area contributed by atoms with Crippen LogP contribution >= 0.6 is 11.3 Å². The molecule has 10 rings (SSSR count). The average Bonchev–Trinajstić information content (AvgIpc) is 3.54. The number of hydrogen-bond acceptors (Lipinski definition) is 5. The number of rotatable bonds is 7. The van der Waals surface area contributed by atoms with Gasteiger partial charge in [-0.2, -0.15) is 0 Å². The van der Waals surface area contributed by atoms with Gasteiger partial charge in [-0.05, 0) is 93.0 Å². The molecule has 3 heterocycles. The topological polar surface area (TPSA) is 30.9 Å². The summed E-state index contributed by atoms with van der Waals surface area (Å²) in [6.45, 7) is 6.18. The molecule has 39 heavy (non-hydrogen) atoms. The van der Waals surface area contributed by atoms with E-state index in [1.807, 2.05) is 18.4 Å². The number of aryl methyl sites for hydroxylation is 1. The van der Waals surface area contributed by atoms with Gasteiger partial charge in [-0.3, -0.25) is 4.90 Å². The predicted octanol–water partition coefficient (Wildman–Crippen LogP) is 6.65. The molecule has 5 heteroatoms. The lowest BCUT2D eigenvalue weighted by Gasteiger charge is -2.74. The Kier molecular flexibility index (Phi) is 4.93. The number of methoxy groups -OCH3 is 1. The summed E-state index contributed by atoms with van der Waals surface area (Å²) in [6.07, 6.45) is 8.88. The lowest BCUT2D eigenvalue weighted by Crippen LogP contribution is -2.81. The number of likely N-dealkylation sites (tertiary alicyclic amines) is 1. The van der Waals surface area contributed by atoms with Crippen molar-refractivity contribution >= 4 is 21.4 Å². The number of hydrogen-bond donors (Lipinski definition) is 0. The van der Waals surface area contributed by atoms with Gasteiger partial charge >= 0.3 is 0 Å². The summed E-state index contributed by atoms with van der Waals surface area (Å²) in [5.74, 6) is 2.47. The van der Waals surface area contributed by atoms with Gasteiger partial charge < -0.3 is 14.2 Å². The molecule has 5 fully saturated rings. The van der Waals surface area contributed by atoms with Crippen LogP contribution in [0.2, 0.25) is 0 Å². The molecule has 6 atom stereocenters. The SMILES string of the molecule is COC12CC[C@@]3(C[C@H]1COCc1cc4ccccc4s1)[C@H]1Cc4ccc(C)c5c4[C@@]3(CCN1CC1CC1)[C@H]2O5. The second-order valence-corrected chi connectivity index (χ2v) is 14.8. The minimum atomic E-state index is -0.287. The minimum Gasteiger partial charge on any atom is -0.486 e. The zero-order valence-electron chi connectivity index (χ0n) is 23.2. The first-order chi connectivity index (χ1) is 19.1. The quantitative estimate of drug-likeness (QED) is 0.335. The summed E-state index contributed by atoms with van der Waals surface area (Å²) < 4.78 is 21.8. The van der Waals surface area contributed by atoms with Gasteiger partial charge in [0.2, 0.25) is 0 Å². The first-order valence-corrected chi connectivity index (χ1v) is 16.0. The summed E-state index contributed by atoms with van der Waals surface area (Å²) >= 11 is 1.86. The van der Waals surface area contributed by atoms with Crippen LogP contribution in [-0.4, -0.2) is 49.5 Å². The zero-order valence-corrected chi connectivity index (χ0v) is 24.0. The number of nitrogens with zero attached hydrogens (tertiary/aromatic N) is 1. The Hall–Kier alpha value is -1.92. The van der Waals surface area contributed by atoms with Crippen molar-refractivity contribution in [2.24, 2.45) is 17.3 Å². The molecule has 0 N–H and O–H groups in total. The van der Waals surface area contributed by atoms with E-state index in [0.29, 0.717) is 18.6 Å². The van der Waals surface area contributed by atoms with Gasteiger partial charge in [-0.25, -0.2) is 0 Å². The van der Waals surface area contributed by atoms with Crippen LogP contribution in [0.3, 0.4) is 0 Å². The highest BCUT2D eigenvalue weighted by molar-refractivity contribution is 7.19. The van der Waals surface area contributed by atoms with Crippen molar-refractivity contribution in [3.63, 3.8) is 0 Å². The summed E-state index contributed by atoms with van der Waals surface area (Å²) in [4.78, 5) is 4.24. The van der Waals surface area contributed by atoms with E-state index in [2.05, 4.69) is 54.3 Å². The number of benzene rings is 2. The molecule has 2 aliphatic heterocycles. The summed E-state index contributed by atoms with van der Waals surface area (Å²) in [6, 6.07) is 16.3. The molecule has 1 unspecified atom stereocenters. The molecule has 0 radical (unpaired) electrons. The molecular weight excluding hydrogens is 502 g/mol. The zero-order chi connectivity index (χ0) is 26.0. The highest BCUT2D eigenvalue weighted by Gasteiger charge is 2.80. The van der Waals surface area contributed by atoms with Gasteiger partial charge in [0.25, 0.3) is 0 Å². The maximum absolute atomic E-state index is 7.20. The van der Waals surface area contributed by atoms with Crippen LogP contribution < -0.4 is 4.74 Å². The van der Waals surface area contributed by atoms with Crippen molar-refractivity contribution in [3.05, 3.63) is 64.0 Å². The van der Waals surface area contributed by atoms with E-state index >= 15 is 0 Å². The van der Waals surface area contributed by atoms with Crippen molar-refractivity contribution in [2.75, 3.05) is 26.8 Å². The fourth-order valence-corrected chi connectivity index (χ4v) is 11.3. The molecule has 4 nitrogen and oxygen atoms in total. The lowest BCUT2D eigenvalue weighted by molar-refractivity contribution is -0.283. The minimum absolute atomic E-state index is 0.0862. The highest BCUT2D eigenvalue weighted by atomic mass is 32.1. The third-order valence-corrected chi connectivity index (χ3v) is 13.2. The Morgan fingerprint density at radius 2 is 2.00 bits per heavy atom. The van der Waals surface area contributed by atoms with Gasteiger partial charge in [-0.1, -0.05) is 30.3 Å². The second-order valence-electron chi connectivity index (χ2n) is 13.6. The van der Waals surface area contributed by atoms with E-state index in [1.165, 1.54) is 77.9 Å². The van der Waals surface area contributed by atoms with Crippen molar-refractivity contribution in [3.8, 4) is 5.75 Å². The van der Waals surface area contributed by atoms with Crippen LogP contribution in [0.5, 0.6) is 5.75 Å². The van der Waals surface area contributed by atoms with Gasteiger partial charge in [0.05, 0.1) is 13.2 Å². The first kappa shape index (κ1) is 23.8. The molecule has 5 aliphatic carbocycles. The molecule has 4 saturated carbocycles. The van der Waals surface area contributed by atoms with Gasteiger partial charge in [0.15, 0.2) is 0 Å². The number of piperidine rings is 1. The summed E-state index contributed by atoms with van der Waals surface area (Å²) in [7, 11) is 1.95. The molecule has 1 aromatic heterocycles. The summed E-state index contributed by atoms with van der Waals surface area (Å²) in [5.41, 5.74) is 4.50. The largest absolute Gasteiger partial charge is 0.486 e. The molecule has 204 valence electrons. The van der Waals surface area contributed by atoms with E-state index in [9.17, 15) is 0 Å². The van der Waals surface area contributed by atoms with Gasteiger partial charge in [0.1, 0.15) is 17.5 Å². The molecule has 7 aliphatic rings. The average molecular weight is 542 g/mol. The van der Waals surface area contributed by atoms with Crippen molar-refractivity contribution in [1.82, 2.24) is 4.90 Å². The van der Waals surface area contributed by atoms with Crippen LogP contribution in [0.1, 0.15) is 60.1 Å². The Labute approximate surface area is 235 Å². The normalized spacial score (nSPS) is 37.7. The molecule has 2 spiro atoms. The Bertz CT molecular complexity index is 1450. The summed E-state index contributed by atoms with van der Waals surface area (Å²) in [5, 5.41) is 1.32. The standard InChI is InChI=1S/C34H39NO3S/c1-21-7-10-24-16-28-32-11-12-34(36-2,25(17-32)19-37-20-26-15-23-5-3-4-6-27(23)39-26)31-33(32,29(24)30(21)38-31)13-14-35(28)18-22-8-9-22/h3-7,10,15,22,25,28,31H,8-9,11-14,16-20H2,1-2H3/t25-,28+,31+,32+,33-,34?/m0/s1. The Balaban J connectivity index is 1.10. The van der Waals surface area contributed by atoms with Crippen LogP contribution in [0.4, 0.5) is 0 Å². The fourth-order valence-electron chi connectivity index (χ4n) is 10.3.